The van der Waals surface area contributed by atoms with Gasteiger partial charge in [0.05, 0.1) is 0 Å². The predicted molar refractivity (Wildman–Crippen MR) is 107 cm³/mol. The van der Waals surface area contributed by atoms with E-state index in [0.29, 0.717) is 18.2 Å². The lowest BCUT2D eigenvalue weighted by Crippen LogP contribution is -2.41. The van der Waals surface area contributed by atoms with E-state index in [1.165, 1.54) is 5.56 Å². The van der Waals surface area contributed by atoms with Crippen molar-refractivity contribution in [3.05, 3.63) is 65.7 Å². The molecule has 0 aromatic heterocycles. The number of nitrogens with one attached hydrogen (secondary N) is 2. The smallest absolute Gasteiger partial charge is 0.313 e. The summed E-state index contributed by atoms with van der Waals surface area (Å²) < 4.78 is 0. The molecule has 0 saturated carbocycles. The quantitative estimate of drug-likeness (QED) is 0.801. The highest BCUT2D eigenvalue weighted by molar-refractivity contribution is 6.39. The third kappa shape index (κ3) is 5.93. The molecule has 0 atom stereocenters. The molecule has 2 aromatic carbocycles. The van der Waals surface area contributed by atoms with Crippen LogP contribution in [0.15, 0.2) is 54.6 Å². The largest absolute Gasteiger partial charge is 0.348 e. The predicted octanol–water partition coefficient (Wildman–Crippen LogP) is 2.96. The number of likely N-dealkylation sites (tertiary alicyclic amines) is 1. The molecule has 3 rings (SSSR count). The van der Waals surface area contributed by atoms with Gasteiger partial charge in [-0.3, -0.25) is 14.5 Å². The van der Waals surface area contributed by atoms with Crippen molar-refractivity contribution in [3.8, 4) is 0 Å². The Labute approximate surface area is 160 Å². The van der Waals surface area contributed by atoms with Gasteiger partial charge in [0.25, 0.3) is 0 Å². The lowest BCUT2D eigenvalue weighted by atomic mass is 9.96. The Balaban J connectivity index is 1.38. The zero-order valence-corrected chi connectivity index (χ0v) is 15.8. The van der Waals surface area contributed by atoms with Crippen molar-refractivity contribution in [2.45, 2.75) is 26.3 Å². The van der Waals surface area contributed by atoms with Crippen molar-refractivity contribution in [3.63, 3.8) is 0 Å². The van der Waals surface area contributed by atoms with Crippen LogP contribution in [0.3, 0.4) is 0 Å². The van der Waals surface area contributed by atoms with E-state index in [2.05, 4.69) is 39.8 Å². The highest BCUT2D eigenvalue weighted by Crippen LogP contribution is 2.18. The fourth-order valence-electron chi connectivity index (χ4n) is 3.42. The summed E-state index contributed by atoms with van der Waals surface area (Å²) in [5.74, 6) is -0.752. The summed E-state index contributed by atoms with van der Waals surface area (Å²) in [6.45, 7) is 5.51. The first kappa shape index (κ1) is 19.1. The second-order valence-electron chi connectivity index (χ2n) is 7.24. The third-order valence-electron chi connectivity index (χ3n) is 4.99. The van der Waals surface area contributed by atoms with Crippen LogP contribution in [0.5, 0.6) is 0 Å². The molecule has 1 aliphatic heterocycles. The lowest BCUT2D eigenvalue weighted by molar-refractivity contribution is -0.136. The fraction of sp³-hybridized carbons (Fsp3) is 0.364. The maximum atomic E-state index is 12.0. The maximum absolute atomic E-state index is 12.0. The van der Waals surface area contributed by atoms with Crippen LogP contribution in [0.25, 0.3) is 0 Å². The number of carbonyl (C=O) groups excluding carboxylic acids is 2. The summed E-state index contributed by atoms with van der Waals surface area (Å²) in [6, 6.07) is 17.9. The van der Waals surface area contributed by atoms with Gasteiger partial charge in [0, 0.05) is 18.8 Å². The molecule has 2 aromatic rings. The van der Waals surface area contributed by atoms with E-state index in [-0.39, 0.29) is 0 Å². The number of rotatable bonds is 5. The Hall–Kier alpha value is -2.66. The molecule has 1 saturated heterocycles. The van der Waals surface area contributed by atoms with Crippen LogP contribution in [-0.2, 0) is 16.1 Å². The number of anilines is 1. The first-order valence-electron chi connectivity index (χ1n) is 9.52. The van der Waals surface area contributed by atoms with Gasteiger partial charge in [0.15, 0.2) is 0 Å². The van der Waals surface area contributed by atoms with E-state index in [9.17, 15) is 9.59 Å². The van der Waals surface area contributed by atoms with Crippen molar-refractivity contribution in [1.29, 1.82) is 0 Å². The molecule has 142 valence electrons. The van der Waals surface area contributed by atoms with Crippen LogP contribution in [-0.4, -0.2) is 36.3 Å². The van der Waals surface area contributed by atoms with Gasteiger partial charge in [-0.2, -0.15) is 0 Å². The molecule has 27 heavy (non-hydrogen) atoms. The van der Waals surface area contributed by atoms with E-state index in [0.717, 1.165) is 38.0 Å². The van der Waals surface area contributed by atoms with Crippen molar-refractivity contribution in [1.82, 2.24) is 10.2 Å². The van der Waals surface area contributed by atoms with Gasteiger partial charge >= 0.3 is 11.8 Å². The summed E-state index contributed by atoms with van der Waals surface area (Å²) in [5, 5.41) is 5.43. The van der Waals surface area contributed by atoms with Gasteiger partial charge in [-0.15, -0.1) is 0 Å². The van der Waals surface area contributed by atoms with Crippen LogP contribution < -0.4 is 10.6 Å². The van der Waals surface area contributed by atoms with Crippen molar-refractivity contribution < 1.29 is 9.59 Å². The molecular weight excluding hydrogens is 338 g/mol. The molecule has 1 fully saturated rings. The van der Waals surface area contributed by atoms with Gasteiger partial charge in [-0.1, -0.05) is 42.5 Å². The fourth-order valence-corrected chi connectivity index (χ4v) is 3.42. The standard InChI is InChI=1S/C22H27N3O2/c1-17-6-5-9-20(14-17)24-22(27)21(26)23-15-18-10-12-25(13-11-18)16-19-7-3-2-4-8-19/h2-9,14,18H,10-13,15-16H2,1H3,(H,23,26)(H,24,27). The van der Waals surface area contributed by atoms with Crippen LogP contribution in [0.1, 0.15) is 24.0 Å². The summed E-state index contributed by atoms with van der Waals surface area (Å²) >= 11 is 0. The molecule has 2 amide bonds. The van der Waals surface area contributed by atoms with Gasteiger partial charge < -0.3 is 10.6 Å². The first-order valence-corrected chi connectivity index (χ1v) is 9.52. The molecule has 2 N–H and O–H groups in total. The summed E-state index contributed by atoms with van der Waals surface area (Å²) in [4.78, 5) is 26.5. The molecule has 1 heterocycles. The highest BCUT2D eigenvalue weighted by Gasteiger charge is 2.21. The normalized spacial score (nSPS) is 15.3. The third-order valence-corrected chi connectivity index (χ3v) is 4.99. The highest BCUT2D eigenvalue weighted by atomic mass is 16.2. The first-order chi connectivity index (χ1) is 13.1. The van der Waals surface area contributed by atoms with E-state index in [4.69, 9.17) is 0 Å². The van der Waals surface area contributed by atoms with Crippen LogP contribution in [0.4, 0.5) is 5.69 Å². The number of carbonyl (C=O) groups is 2. The van der Waals surface area contributed by atoms with Crippen LogP contribution >= 0.6 is 0 Å². The molecular formula is C22H27N3O2. The molecule has 0 aliphatic carbocycles. The molecule has 1 aliphatic rings. The number of amides is 2. The molecule has 0 radical (unpaired) electrons. The average Bonchev–Trinajstić information content (AvgIpc) is 2.68. The Bertz CT molecular complexity index is 768. The number of aryl methyl sites for hydroxylation is 1. The van der Waals surface area contributed by atoms with E-state index >= 15 is 0 Å². The Morgan fingerprint density at radius 1 is 1.00 bits per heavy atom. The number of piperidine rings is 1. The van der Waals surface area contributed by atoms with Gasteiger partial charge in [-0.05, 0) is 62.0 Å². The van der Waals surface area contributed by atoms with Gasteiger partial charge in [0.2, 0.25) is 0 Å². The van der Waals surface area contributed by atoms with Crippen molar-refractivity contribution in [2.24, 2.45) is 5.92 Å². The molecule has 0 bridgehead atoms. The van der Waals surface area contributed by atoms with Gasteiger partial charge in [0.1, 0.15) is 0 Å². The second-order valence-corrected chi connectivity index (χ2v) is 7.24. The van der Waals surface area contributed by atoms with E-state index < -0.39 is 11.8 Å². The molecule has 0 unspecified atom stereocenters. The monoisotopic (exact) mass is 365 g/mol. The average molecular weight is 365 g/mol. The molecule has 0 spiro atoms. The molecule has 5 heteroatoms. The second kappa shape index (κ2) is 9.33. The topological polar surface area (TPSA) is 61.4 Å². The number of hydrogen-bond donors (Lipinski definition) is 2. The zero-order chi connectivity index (χ0) is 19.1. The molecule has 5 nitrogen and oxygen atoms in total. The summed E-state index contributed by atoms with van der Waals surface area (Å²) in [7, 11) is 0. The zero-order valence-electron chi connectivity index (χ0n) is 15.8. The van der Waals surface area contributed by atoms with E-state index in [1.54, 1.807) is 6.07 Å². The number of benzene rings is 2. The van der Waals surface area contributed by atoms with Gasteiger partial charge in [-0.25, -0.2) is 0 Å². The number of nitrogens with zero attached hydrogens (tertiary/aromatic N) is 1. The van der Waals surface area contributed by atoms with Crippen molar-refractivity contribution >= 4 is 17.5 Å². The summed E-state index contributed by atoms with van der Waals surface area (Å²) in [5.41, 5.74) is 3.01. The Morgan fingerprint density at radius 2 is 1.74 bits per heavy atom. The Kier molecular flexibility index (Phi) is 6.60. The minimum Gasteiger partial charge on any atom is -0.348 e. The maximum Gasteiger partial charge on any atom is 0.313 e. The Morgan fingerprint density at radius 3 is 2.44 bits per heavy atom. The summed E-state index contributed by atoms with van der Waals surface area (Å²) in [6.07, 6.45) is 2.07. The van der Waals surface area contributed by atoms with Crippen LogP contribution in [0.2, 0.25) is 0 Å². The SMILES string of the molecule is Cc1cccc(NC(=O)C(=O)NCC2CCN(Cc3ccccc3)CC2)c1. The minimum atomic E-state index is -0.609. The number of hydrogen-bond acceptors (Lipinski definition) is 3. The van der Waals surface area contributed by atoms with E-state index in [1.807, 2.05) is 31.2 Å². The lowest BCUT2D eigenvalue weighted by Gasteiger charge is -2.32. The van der Waals surface area contributed by atoms with Crippen molar-refractivity contribution in [2.75, 3.05) is 25.0 Å². The van der Waals surface area contributed by atoms with Crippen LogP contribution in [0, 0.1) is 12.8 Å². The minimum absolute atomic E-state index is 0.424.